The molecule has 2 aliphatic heterocycles. The Labute approximate surface area is 519 Å². The molecule has 496 valence electrons. The third kappa shape index (κ3) is 21.1. The van der Waals surface area contributed by atoms with Crippen molar-refractivity contribution in [2.24, 2.45) is 46.4 Å². The summed E-state index contributed by atoms with van der Waals surface area (Å²) in [5.74, 6) is -9.30. The summed E-state index contributed by atoms with van der Waals surface area (Å²) < 4.78 is 0. The maximum Gasteiger partial charge on any atom is 0.246 e. The van der Waals surface area contributed by atoms with Crippen LogP contribution in [0.5, 0.6) is 0 Å². The van der Waals surface area contributed by atoms with Crippen molar-refractivity contribution in [1.29, 1.82) is 0 Å². The first kappa shape index (κ1) is 76.7. The Morgan fingerprint density at radius 2 is 0.908 bits per heavy atom. The average molecular weight is 1230 g/mol. The number of amidine groups is 1. The summed E-state index contributed by atoms with van der Waals surface area (Å²) in [6.07, 6.45) is -0.743. The Kier molecular flexibility index (Phi) is 30.3. The van der Waals surface area contributed by atoms with Crippen molar-refractivity contribution >= 4 is 70.8 Å². The number of nitrogens with zero attached hydrogens (tertiary/aromatic N) is 8. The van der Waals surface area contributed by atoms with Gasteiger partial charge in [0.15, 0.2) is 0 Å². The minimum atomic E-state index is -1.65. The van der Waals surface area contributed by atoms with Crippen LogP contribution >= 0.6 is 0 Å². The lowest BCUT2D eigenvalue weighted by Crippen LogP contribution is -2.63. The van der Waals surface area contributed by atoms with Gasteiger partial charge < -0.3 is 66.0 Å². The molecule has 25 heteroatoms. The quantitative estimate of drug-likeness (QED) is 0.136. The van der Waals surface area contributed by atoms with Gasteiger partial charge in [-0.1, -0.05) is 96.9 Å². The molecule has 0 unspecified atom stereocenters. The largest absolute Gasteiger partial charge is 0.390 e. The second-order valence-electron chi connectivity index (χ2n) is 26.7. The van der Waals surface area contributed by atoms with E-state index < -0.39 is 156 Å². The third-order valence-corrected chi connectivity index (χ3v) is 16.6. The smallest absolute Gasteiger partial charge is 0.246 e. The monoisotopic (exact) mass is 1230 g/mol. The molecule has 1 saturated heterocycles. The molecule has 0 bridgehead atoms. The van der Waals surface area contributed by atoms with E-state index >= 15 is 9.59 Å². The van der Waals surface area contributed by atoms with E-state index in [1.54, 1.807) is 41.5 Å². The average Bonchev–Trinajstić information content (AvgIpc) is 2.08. The first-order valence-corrected chi connectivity index (χ1v) is 31.2. The first-order valence-electron chi connectivity index (χ1n) is 31.2. The normalized spacial score (nSPS) is 27.2. The molecule has 11 amide bonds. The molecule has 2 aliphatic rings. The summed E-state index contributed by atoms with van der Waals surface area (Å²) in [5.41, 5.74) is 0. The van der Waals surface area contributed by atoms with Gasteiger partial charge in [-0.25, -0.2) is 0 Å². The molecule has 0 aliphatic carbocycles. The first-order chi connectivity index (χ1) is 40.2. The van der Waals surface area contributed by atoms with Crippen LogP contribution in [0.1, 0.15) is 149 Å². The fraction of sp³-hybridized carbons (Fsp3) is 0.806. The van der Waals surface area contributed by atoms with Crippen LogP contribution < -0.4 is 26.6 Å². The SMILES string of the molecule is CC[C@@H]1NC(=O)[C@H]([C@H](O)[C@H](C)CC2=NCCN2)N(C)C(=O)[C@H](C(C)C)N(C)C(=O)[C@H](CC(C)C)N(C)C(=O)[C@H](CC(C)C)N(C)C(=O)[C@@H](C)NC(=O)[C@H](C)NC(=O)[C@H](CC(C)C)N(C)C(=O)[C@H](C(C)C)NC(=O)[C@H](CC(C)C)N(C)C(=O)CN(C)C1=O. The molecule has 25 nitrogen and oxygen atoms in total. The second kappa shape index (κ2) is 34.4. The topological polar surface area (TPSA) is 303 Å². The number of hydrogen-bond donors (Lipinski definition) is 6. The highest BCUT2D eigenvalue weighted by molar-refractivity contribution is 5.99. The zero-order chi connectivity index (χ0) is 67.0. The van der Waals surface area contributed by atoms with E-state index in [9.17, 15) is 48.3 Å². The van der Waals surface area contributed by atoms with Crippen molar-refractivity contribution in [3.05, 3.63) is 0 Å². The highest BCUT2D eigenvalue weighted by atomic mass is 16.3. The lowest BCUT2D eigenvalue weighted by Gasteiger charge is -2.41. The molecule has 2 heterocycles. The van der Waals surface area contributed by atoms with Crippen molar-refractivity contribution in [2.45, 2.75) is 216 Å². The van der Waals surface area contributed by atoms with Gasteiger partial charge in [0.05, 0.1) is 25.0 Å². The molecule has 2 rings (SSSR count). The molecule has 0 radical (unpaired) electrons. The molecule has 87 heavy (non-hydrogen) atoms. The molecule has 0 spiro atoms. The molecule has 0 aromatic heterocycles. The van der Waals surface area contributed by atoms with Gasteiger partial charge in [0, 0.05) is 62.3 Å². The van der Waals surface area contributed by atoms with Crippen LogP contribution in [0.3, 0.4) is 0 Å². The van der Waals surface area contributed by atoms with Gasteiger partial charge in [0.2, 0.25) is 65.0 Å². The minimum Gasteiger partial charge on any atom is -0.390 e. The highest BCUT2D eigenvalue weighted by Crippen LogP contribution is 2.26. The fourth-order valence-corrected chi connectivity index (χ4v) is 11.2. The predicted molar refractivity (Wildman–Crippen MR) is 334 cm³/mol. The Balaban J connectivity index is 2.97. The van der Waals surface area contributed by atoms with Crippen LogP contribution in [-0.4, -0.2) is 246 Å². The van der Waals surface area contributed by atoms with Gasteiger partial charge in [0.1, 0.15) is 60.4 Å². The van der Waals surface area contributed by atoms with E-state index in [1.807, 2.05) is 55.4 Å². The summed E-state index contributed by atoms with van der Waals surface area (Å²) in [6, 6.07) is -12.4. The Morgan fingerprint density at radius 1 is 0.471 bits per heavy atom. The van der Waals surface area contributed by atoms with Crippen LogP contribution in [0.2, 0.25) is 0 Å². The number of aliphatic hydroxyl groups excluding tert-OH is 1. The number of likely N-dealkylation sites (N-methyl/N-ethyl adjacent to an activating group) is 7. The van der Waals surface area contributed by atoms with Gasteiger partial charge in [-0.05, 0) is 87.4 Å². The van der Waals surface area contributed by atoms with Crippen molar-refractivity contribution < 1.29 is 57.8 Å². The number of aliphatic hydroxyl groups is 1. The number of carbonyl (C=O) groups excluding carboxylic acids is 11. The molecular weight excluding hydrogens is 1120 g/mol. The molecule has 12 atom stereocenters. The number of aliphatic imine (C=N–C) groups is 1. The van der Waals surface area contributed by atoms with E-state index in [1.165, 1.54) is 87.7 Å². The lowest BCUT2D eigenvalue weighted by molar-refractivity contribution is -0.157. The number of rotatable bonds is 15. The van der Waals surface area contributed by atoms with E-state index in [0.29, 0.717) is 18.9 Å². The maximum atomic E-state index is 15.2. The van der Waals surface area contributed by atoms with Crippen LogP contribution in [0.15, 0.2) is 4.99 Å². The molecule has 0 saturated carbocycles. The Bertz CT molecular complexity index is 2430. The summed E-state index contributed by atoms with van der Waals surface area (Å²) in [7, 11) is 9.90. The molecular formula is C62H111N13O12. The zero-order valence-electron chi connectivity index (χ0n) is 56.8. The summed E-state index contributed by atoms with van der Waals surface area (Å²) in [4.78, 5) is 174. The van der Waals surface area contributed by atoms with Crippen molar-refractivity contribution in [3.63, 3.8) is 0 Å². The van der Waals surface area contributed by atoms with Crippen molar-refractivity contribution in [3.8, 4) is 0 Å². The maximum absolute atomic E-state index is 15.2. The van der Waals surface area contributed by atoms with Crippen LogP contribution in [0.25, 0.3) is 0 Å². The lowest BCUT2D eigenvalue weighted by atomic mass is 9.91. The number of hydrogen-bond acceptors (Lipinski definition) is 14. The summed E-state index contributed by atoms with van der Waals surface area (Å²) in [6.45, 7) is 28.6. The van der Waals surface area contributed by atoms with E-state index in [-0.39, 0.29) is 62.2 Å². The number of amides is 11. The molecule has 6 N–H and O–H groups in total. The van der Waals surface area contributed by atoms with Crippen LogP contribution in [0.4, 0.5) is 0 Å². The molecule has 0 aromatic rings. The van der Waals surface area contributed by atoms with Crippen LogP contribution in [0, 0.1) is 41.4 Å². The van der Waals surface area contributed by atoms with Crippen molar-refractivity contribution in [1.82, 2.24) is 60.9 Å². The number of carbonyl (C=O) groups is 11. The van der Waals surface area contributed by atoms with E-state index in [2.05, 4.69) is 31.6 Å². The summed E-state index contributed by atoms with van der Waals surface area (Å²) >= 11 is 0. The second-order valence-corrected chi connectivity index (χ2v) is 26.7. The van der Waals surface area contributed by atoms with Gasteiger partial charge in [-0.15, -0.1) is 0 Å². The van der Waals surface area contributed by atoms with Gasteiger partial charge in [-0.3, -0.25) is 57.7 Å². The predicted octanol–water partition coefficient (Wildman–Crippen LogP) is 1.69. The standard InChI is InChI=1S/C62H111N13O12/c1-24-42-58(83)69(17)32-48(76)70(18)43(27-33(2)3)55(80)68-49(37(10)11)61(86)71(19)44(28-34(4)5)54(79)65-40(15)53(78)66-41(16)57(82)72(20)45(29-35(6)7)59(84)73(21)46(30-36(8)9)60(85)74(22)50(38(12)13)62(87)75(23)51(56(81)67-42)52(77)39(14)31-47-63-25-26-64-47/h33-46,49-52,77H,24-32H2,1-23H3,(H,63,64)(H,65,79)(H,66,78)(H,67,81)(H,68,80)/t39-,40+,41-,42+,43+,44+,45+,46+,49+,50+,51+,52-/m1/s1. The van der Waals surface area contributed by atoms with Crippen molar-refractivity contribution in [2.75, 3.05) is 69.0 Å². The number of nitrogens with one attached hydrogen (secondary N) is 5. The molecule has 0 aromatic carbocycles. The van der Waals surface area contributed by atoms with Crippen LogP contribution in [-0.2, 0) is 52.7 Å². The van der Waals surface area contributed by atoms with Gasteiger partial charge in [-0.2, -0.15) is 0 Å². The fourth-order valence-electron chi connectivity index (χ4n) is 11.2. The summed E-state index contributed by atoms with van der Waals surface area (Å²) in [5, 5.41) is 26.4. The van der Waals surface area contributed by atoms with E-state index in [4.69, 9.17) is 0 Å². The third-order valence-electron chi connectivity index (χ3n) is 16.6. The Morgan fingerprint density at radius 3 is 1.37 bits per heavy atom. The van der Waals surface area contributed by atoms with Gasteiger partial charge >= 0.3 is 0 Å². The zero-order valence-corrected chi connectivity index (χ0v) is 56.8. The molecule has 1 fully saturated rings. The minimum absolute atomic E-state index is 0.0111. The Hall–Kier alpha value is -6.40. The van der Waals surface area contributed by atoms with Gasteiger partial charge in [0.25, 0.3) is 0 Å². The highest BCUT2D eigenvalue weighted by Gasteiger charge is 2.46. The van der Waals surface area contributed by atoms with E-state index in [0.717, 1.165) is 9.80 Å².